The number of nitrogens with one attached hydrogen (secondary N) is 2. The topological polar surface area (TPSA) is 78.6 Å². The first-order valence-electron chi connectivity index (χ1n) is 9.93. The van der Waals surface area contributed by atoms with Gasteiger partial charge in [-0.25, -0.2) is 0 Å². The Labute approximate surface area is 175 Å². The molecular formula is C20H29BrN6O. The van der Waals surface area contributed by atoms with E-state index in [1.807, 2.05) is 0 Å². The monoisotopic (exact) mass is 448 g/mol. The van der Waals surface area contributed by atoms with E-state index in [4.69, 9.17) is 4.52 Å². The predicted octanol–water partition coefficient (Wildman–Crippen LogP) is 3.33. The van der Waals surface area contributed by atoms with Crippen LogP contribution >= 0.6 is 15.9 Å². The SMILES string of the molecule is CCNC(=NCCc1nc(C(C)C)no1)NC1CCN(c2ccc(Br)cc2)C1. The van der Waals surface area contributed by atoms with Crippen molar-refractivity contribution in [2.75, 3.05) is 31.1 Å². The van der Waals surface area contributed by atoms with Crippen molar-refractivity contribution in [2.45, 2.75) is 45.6 Å². The number of benzene rings is 1. The van der Waals surface area contributed by atoms with Crippen LogP contribution in [0.15, 0.2) is 38.3 Å². The fourth-order valence-corrected chi connectivity index (χ4v) is 3.41. The summed E-state index contributed by atoms with van der Waals surface area (Å²) < 4.78 is 6.40. The first kappa shape index (κ1) is 20.6. The van der Waals surface area contributed by atoms with Gasteiger partial charge in [0.25, 0.3) is 0 Å². The molecule has 1 aliphatic rings. The Morgan fingerprint density at radius 3 is 2.82 bits per heavy atom. The Balaban J connectivity index is 1.52. The van der Waals surface area contributed by atoms with Crippen molar-refractivity contribution in [3.05, 3.63) is 40.5 Å². The number of halogens is 1. The highest BCUT2D eigenvalue weighted by Gasteiger charge is 2.23. The van der Waals surface area contributed by atoms with Gasteiger partial charge in [0.2, 0.25) is 5.89 Å². The Morgan fingerprint density at radius 1 is 1.36 bits per heavy atom. The van der Waals surface area contributed by atoms with Crippen LogP contribution in [-0.4, -0.2) is 48.3 Å². The van der Waals surface area contributed by atoms with Crippen LogP contribution in [0, 0.1) is 0 Å². The molecular weight excluding hydrogens is 420 g/mol. The van der Waals surface area contributed by atoms with E-state index in [1.165, 1.54) is 5.69 Å². The largest absolute Gasteiger partial charge is 0.369 e. The average Bonchev–Trinajstić information content (AvgIpc) is 3.32. The molecule has 1 aliphatic heterocycles. The van der Waals surface area contributed by atoms with Gasteiger partial charge < -0.3 is 20.1 Å². The van der Waals surface area contributed by atoms with E-state index >= 15 is 0 Å². The van der Waals surface area contributed by atoms with Crippen molar-refractivity contribution in [1.29, 1.82) is 0 Å². The summed E-state index contributed by atoms with van der Waals surface area (Å²) in [5.41, 5.74) is 1.26. The number of hydrogen-bond donors (Lipinski definition) is 2. The van der Waals surface area contributed by atoms with Crippen LogP contribution in [0.4, 0.5) is 5.69 Å². The zero-order valence-electron chi connectivity index (χ0n) is 16.8. The molecule has 0 radical (unpaired) electrons. The Kier molecular flexibility index (Phi) is 7.30. The standard InChI is InChI=1S/C20H29BrN6O/c1-4-22-20(23-11-9-18-25-19(14(2)3)26-28-18)24-16-10-12-27(13-16)17-7-5-15(21)6-8-17/h5-8,14,16H,4,9-13H2,1-3H3,(H2,22,23,24). The quantitative estimate of drug-likeness (QED) is 0.499. The second-order valence-corrected chi connectivity index (χ2v) is 8.18. The summed E-state index contributed by atoms with van der Waals surface area (Å²) in [6, 6.07) is 8.86. The highest BCUT2D eigenvalue weighted by atomic mass is 79.9. The minimum atomic E-state index is 0.274. The number of rotatable bonds is 7. The minimum Gasteiger partial charge on any atom is -0.369 e. The fourth-order valence-electron chi connectivity index (χ4n) is 3.15. The lowest BCUT2D eigenvalue weighted by Gasteiger charge is -2.20. The molecule has 0 amide bonds. The smallest absolute Gasteiger partial charge is 0.228 e. The molecule has 0 bridgehead atoms. The second-order valence-electron chi connectivity index (χ2n) is 7.26. The number of anilines is 1. The fraction of sp³-hybridized carbons (Fsp3) is 0.550. The van der Waals surface area contributed by atoms with Gasteiger partial charge in [-0.1, -0.05) is 34.9 Å². The molecule has 1 aromatic carbocycles. The summed E-state index contributed by atoms with van der Waals surface area (Å²) in [6.07, 6.45) is 1.73. The molecule has 28 heavy (non-hydrogen) atoms. The number of hydrogen-bond acceptors (Lipinski definition) is 5. The number of guanidine groups is 1. The lowest BCUT2D eigenvalue weighted by molar-refractivity contribution is 0.372. The van der Waals surface area contributed by atoms with Crippen LogP contribution < -0.4 is 15.5 Å². The number of nitrogens with zero attached hydrogens (tertiary/aromatic N) is 4. The summed E-state index contributed by atoms with van der Waals surface area (Å²) in [4.78, 5) is 11.5. The van der Waals surface area contributed by atoms with Crippen LogP contribution in [0.5, 0.6) is 0 Å². The maximum atomic E-state index is 5.29. The summed E-state index contributed by atoms with van der Waals surface area (Å²) >= 11 is 3.50. The van der Waals surface area contributed by atoms with Crippen molar-refractivity contribution in [1.82, 2.24) is 20.8 Å². The van der Waals surface area contributed by atoms with Crippen molar-refractivity contribution in [2.24, 2.45) is 4.99 Å². The molecule has 0 spiro atoms. The van der Waals surface area contributed by atoms with E-state index < -0.39 is 0 Å². The Bertz CT molecular complexity index is 773. The van der Waals surface area contributed by atoms with Gasteiger partial charge in [-0.2, -0.15) is 4.98 Å². The normalized spacial score (nSPS) is 17.4. The number of aromatic nitrogens is 2. The van der Waals surface area contributed by atoms with Gasteiger partial charge in [-0.3, -0.25) is 4.99 Å². The second kappa shape index (κ2) is 9.91. The summed E-state index contributed by atoms with van der Waals surface area (Å²) in [7, 11) is 0. The maximum absolute atomic E-state index is 5.29. The summed E-state index contributed by atoms with van der Waals surface area (Å²) in [5.74, 6) is 2.51. The molecule has 1 fully saturated rings. The lowest BCUT2D eigenvalue weighted by Crippen LogP contribution is -2.44. The molecule has 1 atom stereocenters. The van der Waals surface area contributed by atoms with Crippen LogP contribution in [0.25, 0.3) is 0 Å². The van der Waals surface area contributed by atoms with Crippen LogP contribution in [-0.2, 0) is 6.42 Å². The van der Waals surface area contributed by atoms with Gasteiger partial charge in [-0.05, 0) is 37.6 Å². The minimum absolute atomic E-state index is 0.274. The Hall–Kier alpha value is -2.09. The molecule has 152 valence electrons. The van der Waals surface area contributed by atoms with Crippen molar-refractivity contribution in [3.8, 4) is 0 Å². The molecule has 1 saturated heterocycles. The molecule has 8 heteroatoms. The first-order chi connectivity index (χ1) is 13.5. The van der Waals surface area contributed by atoms with E-state index in [1.54, 1.807) is 0 Å². The first-order valence-corrected chi connectivity index (χ1v) is 10.7. The third-order valence-corrected chi connectivity index (χ3v) is 5.19. The molecule has 0 saturated carbocycles. The molecule has 1 aromatic heterocycles. The van der Waals surface area contributed by atoms with Crippen LogP contribution in [0.3, 0.4) is 0 Å². The van der Waals surface area contributed by atoms with E-state index in [-0.39, 0.29) is 5.92 Å². The number of aliphatic imine (C=N–C) groups is 1. The van der Waals surface area contributed by atoms with Gasteiger partial charge in [0.05, 0.1) is 6.54 Å². The lowest BCUT2D eigenvalue weighted by atomic mass is 10.2. The molecule has 2 heterocycles. The van der Waals surface area contributed by atoms with Gasteiger partial charge >= 0.3 is 0 Å². The average molecular weight is 449 g/mol. The van der Waals surface area contributed by atoms with E-state index in [2.05, 4.69) is 91.6 Å². The summed E-state index contributed by atoms with van der Waals surface area (Å²) in [6.45, 7) is 9.63. The predicted molar refractivity (Wildman–Crippen MR) is 116 cm³/mol. The highest BCUT2D eigenvalue weighted by molar-refractivity contribution is 9.10. The molecule has 7 nitrogen and oxygen atoms in total. The van der Waals surface area contributed by atoms with Gasteiger partial charge in [0, 0.05) is 48.2 Å². The van der Waals surface area contributed by atoms with Gasteiger partial charge in [-0.15, -0.1) is 0 Å². The Morgan fingerprint density at radius 2 is 2.14 bits per heavy atom. The van der Waals surface area contributed by atoms with Crippen molar-refractivity contribution in [3.63, 3.8) is 0 Å². The maximum Gasteiger partial charge on any atom is 0.228 e. The highest BCUT2D eigenvalue weighted by Crippen LogP contribution is 2.22. The molecule has 2 N–H and O–H groups in total. The molecule has 3 rings (SSSR count). The van der Waals surface area contributed by atoms with Gasteiger partial charge in [0.15, 0.2) is 11.8 Å². The molecule has 2 aromatic rings. The van der Waals surface area contributed by atoms with Crippen molar-refractivity contribution >= 4 is 27.6 Å². The van der Waals surface area contributed by atoms with E-state index in [0.29, 0.717) is 24.9 Å². The zero-order valence-corrected chi connectivity index (χ0v) is 18.4. The van der Waals surface area contributed by atoms with E-state index in [0.717, 1.165) is 42.3 Å². The van der Waals surface area contributed by atoms with Gasteiger partial charge in [0.1, 0.15) is 0 Å². The van der Waals surface area contributed by atoms with Crippen molar-refractivity contribution < 1.29 is 4.52 Å². The zero-order chi connectivity index (χ0) is 19.9. The molecule has 0 aliphatic carbocycles. The summed E-state index contributed by atoms with van der Waals surface area (Å²) in [5, 5.41) is 10.9. The molecule has 1 unspecified atom stereocenters. The van der Waals surface area contributed by atoms with Crippen LogP contribution in [0.1, 0.15) is 44.8 Å². The van der Waals surface area contributed by atoms with Crippen LogP contribution in [0.2, 0.25) is 0 Å². The third kappa shape index (κ3) is 5.70. The van der Waals surface area contributed by atoms with E-state index in [9.17, 15) is 0 Å². The third-order valence-electron chi connectivity index (χ3n) is 4.66.